The van der Waals surface area contributed by atoms with Crippen LogP contribution in [0.25, 0.3) is 0 Å². The van der Waals surface area contributed by atoms with Gasteiger partial charge in [-0.2, -0.15) is 0 Å². The summed E-state index contributed by atoms with van der Waals surface area (Å²) >= 11 is 0. The van der Waals surface area contributed by atoms with Crippen molar-refractivity contribution in [1.82, 2.24) is 0 Å². The second-order valence-corrected chi connectivity index (χ2v) is 0.547. The third-order valence-electron chi connectivity index (χ3n) is 0.200. The molecule has 0 spiro atoms. The van der Waals surface area contributed by atoms with Crippen molar-refractivity contribution in [2.75, 3.05) is 14.1 Å². The van der Waals surface area contributed by atoms with E-state index in [0.29, 0.717) is 0 Å². The average Bonchev–Trinajstić information content (AvgIpc) is 1.41. The number of nitrogens with zero attached hydrogens (tertiary/aromatic N) is 2. The largest absolute Gasteiger partial charge is 0.229 e. The predicted octanol–water partition coefficient (Wildman–Crippen LogP) is 1.06. The van der Waals surface area contributed by atoms with Crippen LogP contribution in [0, 0.1) is 0 Å². The maximum absolute atomic E-state index is 3.44. The van der Waals surface area contributed by atoms with E-state index in [9.17, 15) is 0 Å². The van der Waals surface area contributed by atoms with Crippen LogP contribution in [0.1, 0.15) is 7.43 Å². The fourth-order valence-corrected chi connectivity index (χ4v) is 0.100. The molecule has 0 saturated heterocycles. The smallest absolute Gasteiger partial charge is 0.0886 e. The molecule has 0 heterocycles. The molecule has 0 amide bonds. The number of aliphatic imine (C=N–C) groups is 2. The topological polar surface area (TPSA) is 24.7 Å². The van der Waals surface area contributed by atoms with Gasteiger partial charge in [0.15, 0.2) is 0 Å². The van der Waals surface area contributed by atoms with Crippen molar-refractivity contribution in [1.29, 1.82) is 0 Å². The molecule has 2 heteroatoms. The highest BCUT2D eigenvalue weighted by Crippen LogP contribution is 1.40. The van der Waals surface area contributed by atoms with E-state index in [1.807, 2.05) is 0 Å². The Labute approximate surface area is 38.6 Å². The van der Waals surface area contributed by atoms with Crippen LogP contribution in [0.2, 0.25) is 0 Å². The Balaban J connectivity index is 0. The second-order valence-electron chi connectivity index (χ2n) is 0.547. The number of hydrogen-bond acceptors (Lipinski definition) is 2. The van der Waals surface area contributed by atoms with Gasteiger partial charge < -0.3 is 0 Å². The van der Waals surface area contributed by atoms with E-state index in [-0.39, 0.29) is 7.43 Å². The van der Waals surface area contributed by atoms with Crippen LogP contribution >= 0.6 is 0 Å². The van der Waals surface area contributed by atoms with Gasteiger partial charge in [0, 0.05) is 14.1 Å². The molecule has 0 aliphatic rings. The minimum absolute atomic E-state index is 0. The molecule has 2 nitrogen and oxygen atoms in total. The van der Waals surface area contributed by atoms with E-state index in [4.69, 9.17) is 0 Å². The molecule has 36 valence electrons. The normalized spacial score (nSPS) is 4.33. The lowest BCUT2D eigenvalue weighted by molar-refractivity contribution is 1.41. The Hall–Kier alpha value is -0.620. The molecule has 0 atom stereocenters. The van der Waals surface area contributed by atoms with E-state index in [2.05, 4.69) is 16.0 Å². The van der Waals surface area contributed by atoms with Crippen LogP contribution in [-0.2, 0) is 0 Å². The lowest BCUT2D eigenvalue weighted by Crippen LogP contribution is -1.46. The van der Waals surface area contributed by atoms with Crippen molar-refractivity contribution in [3.8, 4) is 0 Å². The maximum Gasteiger partial charge on any atom is 0.0886 e. The quantitative estimate of drug-likeness (QED) is 0.394. The van der Waals surface area contributed by atoms with Crippen molar-refractivity contribution in [2.24, 2.45) is 9.98 Å². The third kappa shape index (κ3) is 10.1. The fraction of sp³-hybridized carbons (Fsp3) is 0.750. The lowest BCUT2D eigenvalue weighted by atomic mass is 11.3. The molecule has 0 aromatic carbocycles. The first kappa shape index (κ1) is 9.03. The summed E-state index contributed by atoms with van der Waals surface area (Å²) < 4.78 is 0. The molecule has 6 heavy (non-hydrogen) atoms. The monoisotopic (exact) mass is 86.1 g/mol. The van der Waals surface area contributed by atoms with E-state index < -0.39 is 0 Å². The summed E-state index contributed by atoms with van der Waals surface area (Å²) in [6, 6.07) is 2.36. The molecular weight excluding hydrogens is 76.1 g/mol. The highest BCUT2D eigenvalue weighted by Gasteiger charge is 1.34. The molecule has 0 saturated carbocycles. The Morgan fingerprint density at radius 3 is 1.50 bits per heavy atom. The Morgan fingerprint density at radius 2 is 1.50 bits per heavy atom. The summed E-state index contributed by atoms with van der Waals surface area (Å²) in [6.07, 6.45) is 0. The Bertz CT molecular complexity index is 53.9. The van der Waals surface area contributed by atoms with E-state index in [1.54, 1.807) is 14.1 Å². The van der Waals surface area contributed by atoms with Crippen LogP contribution in [0.3, 0.4) is 0 Å². The molecule has 0 unspecified atom stereocenters. The van der Waals surface area contributed by atoms with Crippen LogP contribution in [0.4, 0.5) is 0 Å². The summed E-state index contributed by atoms with van der Waals surface area (Å²) in [6.45, 7) is 0. The SMILES string of the molecule is C.CN=C=NC. The molecule has 0 N–H and O–H groups in total. The molecule has 0 aromatic heterocycles. The standard InChI is InChI=1S/C3H6N2.CH4/c1-4-3-5-2;/h1-2H3;1H4. The van der Waals surface area contributed by atoms with E-state index >= 15 is 0 Å². The van der Waals surface area contributed by atoms with Gasteiger partial charge in [0.25, 0.3) is 0 Å². The van der Waals surface area contributed by atoms with Gasteiger partial charge in [-0.15, -0.1) is 0 Å². The van der Waals surface area contributed by atoms with Crippen LogP contribution in [0.15, 0.2) is 9.98 Å². The Kier molecular flexibility index (Phi) is 13.3. The second kappa shape index (κ2) is 8.83. The van der Waals surface area contributed by atoms with Crippen molar-refractivity contribution >= 4 is 6.01 Å². The predicted molar refractivity (Wildman–Crippen MR) is 28.4 cm³/mol. The van der Waals surface area contributed by atoms with Crippen molar-refractivity contribution < 1.29 is 0 Å². The molecule has 0 aliphatic heterocycles. The van der Waals surface area contributed by atoms with Crippen molar-refractivity contribution in [3.05, 3.63) is 0 Å². The zero-order chi connectivity index (χ0) is 4.12. The first-order chi connectivity index (χ1) is 2.41. The molecule has 0 aromatic rings. The van der Waals surface area contributed by atoms with E-state index in [0.717, 1.165) is 0 Å². The summed E-state index contributed by atoms with van der Waals surface area (Å²) in [5.41, 5.74) is 0. The van der Waals surface area contributed by atoms with E-state index in [1.165, 1.54) is 0 Å². The van der Waals surface area contributed by atoms with Gasteiger partial charge in [0.2, 0.25) is 0 Å². The minimum Gasteiger partial charge on any atom is -0.229 e. The van der Waals surface area contributed by atoms with Crippen LogP contribution in [0.5, 0.6) is 0 Å². The fourth-order valence-electron chi connectivity index (χ4n) is 0.100. The van der Waals surface area contributed by atoms with Crippen molar-refractivity contribution in [3.63, 3.8) is 0 Å². The summed E-state index contributed by atoms with van der Waals surface area (Å²) in [5.74, 6) is 0. The first-order valence-corrected chi connectivity index (χ1v) is 1.34. The van der Waals surface area contributed by atoms with Crippen LogP contribution in [-0.4, -0.2) is 20.1 Å². The number of hydrogen-bond donors (Lipinski definition) is 0. The van der Waals surface area contributed by atoms with Gasteiger partial charge >= 0.3 is 0 Å². The van der Waals surface area contributed by atoms with Gasteiger partial charge in [0.05, 0.1) is 6.01 Å². The zero-order valence-corrected chi connectivity index (χ0v) is 3.39. The van der Waals surface area contributed by atoms with Gasteiger partial charge in [-0.3, -0.25) is 0 Å². The molecule has 0 radical (unpaired) electrons. The zero-order valence-electron chi connectivity index (χ0n) is 3.39. The van der Waals surface area contributed by atoms with Gasteiger partial charge in [-0.25, -0.2) is 9.98 Å². The summed E-state index contributed by atoms with van der Waals surface area (Å²) in [7, 11) is 3.26. The lowest BCUT2D eigenvalue weighted by Gasteiger charge is -1.50. The molecule has 0 rings (SSSR count). The highest BCUT2D eigenvalue weighted by molar-refractivity contribution is 5.39. The van der Waals surface area contributed by atoms with Gasteiger partial charge in [-0.05, 0) is 0 Å². The molecular formula is C4H10N2. The van der Waals surface area contributed by atoms with Crippen molar-refractivity contribution in [2.45, 2.75) is 7.43 Å². The minimum atomic E-state index is 0. The number of rotatable bonds is 0. The summed E-state index contributed by atoms with van der Waals surface area (Å²) in [4.78, 5) is 6.88. The van der Waals surface area contributed by atoms with Crippen LogP contribution < -0.4 is 0 Å². The van der Waals surface area contributed by atoms with Gasteiger partial charge in [0.1, 0.15) is 0 Å². The average molecular weight is 86.1 g/mol. The molecule has 0 fully saturated rings. The third-order valence-corrected chi connectivity index (χ3v) is 0.200. The Morgan fingerprint density at radius 1 is 1.17 bits per heavy atom. The summed E-state index contributed by atoms with van der Waals surface area (Å²) in [5, 5.41) is 0. The molecule has 0 aliphatic carbocycles. The molecule has 0 bridgehead atoms. The highest BCUT2D eigenvalue weighted by atomic mass is 14.7. The van der Waals surface area contributed by atoms with Gasteiger partial charge in [-0.1, -0.05) is 7.43 Å². The maximum atomic E-state index is 3.44. The first-order valence-electron chi connectivity index (χ1n) is 1.34.